The summed E-state index contributed by atoms with van der Waals surface area (Å²) in [5.74, 6) is 1.62. The fourth-order valence-electron chi connectivity index (χ4n) is 1.98. The fraction of sp³-hybridized carbons (Fsp3) is 0.571. The van der Waals surface area contributed by atoms with Gasteiger partial charge in [0.2, 0.25) is 5.89 Å². The first-order valence-electron chi connectivity index (χ1n) is 7.22. The monoisotopic (exact) mass is 323 g/mol. The summed E-state index contributed by atoms with van der Waals surface area (Å²) in [6, 6.07) is -0.242. The van der Waals surface area contributed by atoms with E-state index in [1.165, 1.54) is 0 Å². The van der Waals surface area contributed by atoms with Gasteiger partial charge in [0.05, 0.1) is 31.8 Å². The number of hydrogen-bond acceptors (Lipinski definition) is 7. The van der Waals surface area contributed by atoms with E-state index < -0.39 is 0 Å². The largest absolute Gasteiger partial charge is 0.384 e. The highest BCUT2D eigenvalue weighted by Crippen LogP contribution is 2.14. The molecule has 2 rings (SSSR count). The van der Waals surface area contributed by atoms with Crippen LogP contribution in [0.5, 0.6) is 0 Å². The number of hydrogen-bond donors (Lipinski definition) is 1. The highest BCUT2D eigenvalue weighted by molar-refractivity contribution is 5.73. The molecule has 0 saturated carbocycles. The molecule has 0 saturated heterocycles. The van der Waals surface area contributed by atoms with E-state index in [9.17, 15) is 4.79 Å². The Morgan fingerprint density at radius 1 is 1.30 bits per heavy atom. The lowest BCUT2D eigenvalue weighted by Gasteiger charge is -2.17. The van der Waals surface area contributed by atoms with Gasteiger partial charge in [-0.2, -0.15) is 4.98 Å². The van der Waals surface area contributed by atoms with Crippen molar-refractivity contribution in [3.8, 4) is 0 Å². The van der Waals surface area contributed by atoms with Gasteiger partial charge in [-0.3, -0.25) is 0 Å². The van der Waals surface area contributed by atoms with Crippen molar-refractivity contribution in [3.05, 3.63) is 28.7 Å². The maximum Gasteiger partial charge on any atom is 0.317 e. The van der Waals surface area contributed by atoms with E-state index in [0.29, 0.717) is 37.0 Å². The van der Waals surface area contributed by atoms with Gasteiger partial charge in [0.1, 0.15) is 5.76 Å². The van der Waals surface area contributed by atoms with Crippen molar-refractivity contribution in [1.82, 2.24) is 25.5 Å². The Balaban J connectivity index is 1.83. The minimum Gasteiger partial charge on any atom is -0.384 e. The van der Waals surface area contributed by atoms with Crippen LogP contribution in [-0.4, -0.2) is 47.0 Å². The summed E-state index contributed by atoms with van der Waals surface area (Å²) in [6.45, 7) is 4.79. The van der Waals surface area contributed by atoms with Crippen LogP contribution in [0.4, 0.5) is 4.79 Å². The van der Waals surface area contributed by atoms with Crippen LogP contribution >= 0.6 is 0 Å². The average Bonchev–Trinajstić information content (AvgIpc) is 3.12. The van der Waals surface area contributed by atoms with E-state index in [2.05, 4.69) is 20.6 Å². The van der Waals surface area contributed by atoms with Gasteiger partial charge in [0.15, 0.2) is 5.82 Å². The second kappa shape index (κ2) is 7.73. The second-order valence-electron chi connectivity index (χ2n) is 5.16. The number of carbonyl (C=O) groups is 1. The Morgan fingerprint density at radius 3 is 2.74 bits per heavy atom. The smallest absolute Gasteiger partial charge is 0.317 e. The number of carbonyl (C=O) groups excluding carboxylic acids is 1. The van der Waals surface area contributed by atoms with Gasteiger partial charge in [-0.1, -0.05) is 10.3 Å². The normalized spacial score (nSPS) is 10.8. The van der Waals surface area contributed by atoms with Gasteiger partial charge < -0.3 is 24.0 Å². The van der Waals surface area contributed by atoms with E-state index in [0.717, 1.165) is 11.3 Å². The topological polar surface area (TPSA) is 107 Å². The summed E-state index contributed by atoms with van der Waals surface area (Å²) in [6.07, 6.45) is 0.545. The third kappa shape index (κ3) is 4.52. The number of urea groups is 1. The molecule has 0 aliphatic heterocycles. The predicted molar refractivity (Wildman–Crippen MR) is 79.6 cm³/mol. The number of aryl methyl sites for hydroxylation is 2. The molecular weight excluding hydrogens is 302 g/mol. The molecule has 23 heavy (non-hydrogen) atoms. The molecule has 0 aromatic carbocycles. The van der Waals surface area contributed by atoms with Gasteiger partial charge >= 0.3 is 6.03 Å². The molecule has 0 spiro atoms. The minimum absolute atomic E-state index is 0.196. The molecule has 2 aromatic heterocycles. The fourth-order valence-corrected chi connectivity index (χ4v) is 1.98. The van der Waals surface area contributed by atoms with E-state index in [1.54, 1.807) is 19.1 Å². The number of aromatic nitrogens is 3. The highest BCUT2D eigenvalue weighted by atomic mass is 16.5. The van der Waals surface area contributed by atoms with Gasteiger partial charge in [-0.05, 0) is 13.8 Å². The minimum atomic E-state index is -0.242. The lowest BCUT2D eigenvalue weighted by atomic mass is 10.2. The van der Waals surface area contributed by atoms with Crippen molar-refractivity contribution in [2.24, 2.45) is 0 Å². The van der Waals surface area contributed by atoms with Crippen LogP contribution in [0.3, 0.4) is 0 Å². The third-order valence-corrected chi connectivity index (χ3v) is 3.35. The number of rotatable bonds is 7. The summed E-state index contributed by atoms with van der Waals surface area (Å²) in [5.41, 5.74) is 1.69. The molecule has 2 amide bonds. The molecule has 0 aliphatic rings. The number of amides is 2. The van der Waals surface area contributed by atoms with Crippen LogP contribution in [0.15, 0.2) is 9.05 Å². The summed E-state index contributed by atoms with van der Waals surface area (Å²) >= 11 is 0. The molecule has 0 radical (unpaired) electrons. The van der Waals surface area contributed by atoms with Crippen LogP contribution in [-0.2, 0) is 24.2 Å². The maximum absolute atomic E-state index is 12.1. The van der Waals surface area contributed by atoms with E-state index >= 15 is 0 Å². The molecule has 0 atom stereocenters. The molecule has 0 aliphatic carbocycles. The maximum atomic E-state index is 12.1. The first-order valence-corrected chi connectivity index (χ1v) is 7.22. The lowest BCUT2D eigenvalue weighted by molar-refractivity contribution is 0.192. The SMILES string of the molecule is COCCc1nc(CNC(=O)N(C)Cc2c(C)noc2C)no1. The average molecular weight is 323 g/mol. The van der Waals surface area contributed by atoms with Crippen LogP contribution in [0.2, 0.25) is 0 Å². The van der Waals surface area contributed by atoms with Crippen molar-refractivity contribution in [2.45, 2.75) is 33.4 Å². The quantitative estimate of drug-likeness (QED) is 0.816. The number of methoxy groups -OCH3 is 1. The third-order valence-electron chi connectivity index (χ3n) is 3.35. The lowest BCUT2D eigenvalue weighted by Crippen LogP contribution is -2.36. The highest BCUT2D eigenvalue weighted by Gasteiger charge is 2.16. The Hall–Kier alpha value is -2.42. The van der Waals surface area contributed by atoms with Crippen molar-refractivity contribution in [1.29, 1.82) is 0 Å². The molecule has 9 nitrogen and oxygen atoms in total. The van der Waals surface area contributed by atoms with Crippen molar-refractivity contribution in [3.63, 3.8) is 0 Å². The zero-order chi connectivity index (χ0) is 16.8. The van der Waals surface area contributed by atoms with Crippen molar-refractivity contribution >= 4 is 6.03 Å². The van der Waals surface area contributed by atoms with Crippen LogP contribution in [0, 0.1) is 13.8 Å². The summed E-state index contributed by atoms with van der Waals surface area (Å²) < 4.78 is 15.1. The molecule has 126 valence electrons. The molecule has 0 fully saturated rings. The van der Waals surface area contributed by atoms with Crippen LogP contribution in [0.1, 0.15) is 28.7 Å². The van der Waals surface area contributed by atoms with Crippen LogP contribution in [0.25, 0.3) is 0 Å². The Morgan fingerprint density at radius 2 is 2.09 bits per heavy atom. The molecular formula is C14H21N5O4. The summed E-state index contributed by atoms with van der Waals surface area (Å²) in [7, 11) is 3.30. The van der Waals surface area contributed by atoms with Gasteiger partial charge in [-0.15, -0.1) is 0 Å². The molecule has 1 N–H and O–H groups in total. The van der Waals surface area contributed by atoms with Crippen LogP contribution < -0.4 is 5.32 Å². The van der Waals surface area contributed by atoms with E-state index in [1.807, 2.05) is 13.8 Å². The van der Waals surface area contributed by atoms with Gasteiger partial charge in [-0.25, -0.2) is 4.79 Å². The Bertz CT molecular complexity index is 632. The van der Waals surface area contributed by atoms with Crippen molar-refractivity contribution < 1.29 is 18.6 Å². The first kappa shape index (κ1) is 16.9. The van der Waals surface area contributed by atoms with E-state index in [-0.39, 0.29) is 12.6 Å². The molecule has 2 aromatic rings. The summed E-state index contributed by atoms with van der Waals surface area (Å²) in [4.78, 5) is 17.8. The van der Waals surface area contributed by atoms with Gasteiger partial charge in [0.25, 0.3) is 0 Å². The molecule has 0 unspecified atom stereocenters. The zero-order valence-electron chi connectivity index (χ0n) is 13.8. The summed E-state index contributed by atoms with van der Waals surface area (Å²) in [5, 5.41) is 10.4. The Kier molecular flexibility index (Phi) is 5.69. The van der Waals surface area contributed by atoms with Crippen molar-refractivity contribution in [2.75, 3.05) is 20.8 Å². The predicted octanol–water partition coefficient (Wildman–Crippen LogP) is 1.20. The molecule has 2 heterocycles. The molecule has 0 bridgehead atoms. The number of ether oxygens (including phenoxy) is 1. The standard InChI is InChI=1S/C14H21N5O4/c1-9-11(10(2)22-17-9)8-19(3)14(20)15-7-12-16-13(23-18-12)5-6-21-4/h5-8H2,1-4H3,(H,15,20). The zero-order valence-corrected chi connectivity index (χ0v) is 13.8. The second-order valence-corrected chi connectivity index (χ2v) is 5.16. The first-order chi connectivity index (χ1) is 11.0. The number of nitrogens with zero attached hydrogens (tertiary/aromatic N) is 4. The van der Waals surface area contributed by atoms with E-state index in [4.69, 9.17) is 13.8 Å². The molecule has 9 heteroatoms. The Labute approximate surface area is 134 Å². The van der Waals surface area contributed by atoms with Gasteiger partial charge in [0, 0.05) is 19.7 Å². The number of nitrogens with one attached hydrogen (secondary N) is 1.